The Balaban J connectivity index is 2.72. The molecule has 0 atom stereocenters. The summed E-state index contributed by atoms with van der Waals surface area (Å²) in [6.07, 6.45) is -1.09. The highest BCUT2D eigenvalue weighted by Crippen LogP contribution is 2.40. The highest BCUT2D eigenvalue weighted by molar-refractivity contribution is 6.14. The molecule has 0 aliphatic heterocycles. The van der Waals surface area contributed by atoms with Crippen LogP contribution in [0.4, 0.5) is 15.3 Å². The lowest BCUT2D eigenvalue weighted by molar-refractivity contribution is 0.0430. The second kappa shape index (κ2) is 8.91. The molecule has 0 unspecified atom stereocenters. The van der Waals surface area contributed by atoms with E-state index in [4.69, 9.17) is 13.9 Å². The number of imide groups is 1. The fourth-order valence-corrected chi connectivity index (χ4v) is 2.78. The van der Waals surface area contributed by atoms with Crippen LogP contribution in [0.2, 0.25) is 0 Å². The van der Waals surface area contributed by atoms with Crippen LogP contribution in [-0.4, -0.2) is 44.7 Å². The number of aliphatic hydroxyl groups excluding tert-OH is 1. The van der Waals surface area contributed by atoms with Crippen LogP contribution >= 0.6 is 0 Å². The molecule has 0 saturated heterocycles. The van der Waals surface area contributed by atoms with Crippen molar-refractivity contribution < 1.29 is 43.6 Å². The average molecular weight is 449 g/mol. The lowest BCUT2D eigenvalue weighted by Gasteiger charge is -2.29. The zero-order chi connectivity index (χ0) is 24.4. The van der Waals surface area contributed by atoms with Gasteiger partial charge in [0.15, 0.2) is 0 Å². The Morgan fingerprint density at radius 3 is 1.91 bits per heavy atom. The number of hydrogen-bond acceptors (Lipinski definition) is 8. The van der Waals surface area contributed by atoms with Gasteiger partial charge in [-0.15, -0.1) is 0 Å². The molecule has 2 amide bonds. The summed E-state index contributed by atoms with van der Waals surface area (Å²) >= 11 is 0. The fourth-order valence-electron chi connectivity index (χ4n) is 2.78. The molecule has 1 aromatic heterocycles. The number of amides is 2. The molecule has 0 bridgehead atoms. The quantitative estimate of drug-likeness (QED) is 0.613. The summed E-state index contributed by atoms with van der Waals surface area (Å²) in [5.41, 5.74) is -2.91. The molecule has 32 heavy (non-hydrogen) atoms. The van der Waals surface area contributed by atoms with Crippen LogP contribution in [0.15, 0.2) is 28.9 Å². The van der Waals surface area contributed by atoms with Crippen LogP contribution < -0.4 is 4.90 Å². The highest BCUT2D eigenvalue weighted by atomic mass is 16.6. The van der Waals surface area contributed by atoms with E-state index in [1.807, 2.05) is 0 Å². The van der Waals surface area contributed by atoms with Gasteiger partial charge >= 0.3 is 18.2 Å². The number of carboxylic acid groups (broad SMARTS) is 1. The Hall–Kier alpha value is -3.53. The molecule has 10 nitrogen and oxygen atoms in total. The number of aliphatic hydroxyl groups is 1. The third-order valence-corrected chi connectivity index (χ3v) is 3.94. The Kier molecular flexibility index (Phi) is 6.89. The highest BCUT2D eigenvalue weighted by Gasteiger charge is 2.36. The number of furan rings is 1. The van der Waals surface area contributed by atoms with Gasteiger partial charge in [0.25, 0.3) is 0 Å². The van der Waals surface area contributed by atoms with Gasteiger partial charge in [-0.2, -0.15) is 4.90 Å². The van der Waals surface area contributed by atoms with Crippen molar-refractivity contribution in [3.8, 4) is 16.9 Å². The lowest BCUT2D eigenvalue weighted by Crippen LogP contribution is -2.44. The normalized spacial score (nSPS) is 11.7. The van der Waals surface area contributed by atoms with Crippen molar-refractivity contribution in [1.82, 2.24) is 0 Å². The van der Waals surface area contributed by atoms with Crippen molar-refractivity contribution in [1.29, 1.82) is 0 Å². The number of hydrogen-bond donors (Lipinski definition) is 3. The topological polar surface area (TPSA) is 147 Å². The van der Waals surface area contributed by atoms with Gasteiger partial charge in [-0.1, -0.05) is 0 Å². The van der Waals surface area contributed by atoms with Crippen molar-refractivity contribution in [2.75, 3.05) is 4.90 Å². The standard InChI is InChI=1S/C22H27NO9/c1-21(2,3)31-19(28)23(20(29)32-22(4,5)6)14-8-7-13(17(25)16(14)18(26)27)12-9-10-30-15(12)11-24/h7-10,24-25H,11H2,1-6H3,(H,26,27). The number of aromatic carboxylic acids is 1. The Morgan fingerprint density at radius 1 is 0.938 bits per heavy atom. The van der Waals surface area contributed by atoms with E-state index >= 15 is 0 Å². The molecule has 1 aromatic carbocycles. The van der Waals surface area contributed by atoms with Crippen molar-refractivity contribution in [3.63, 3.8) is 0 Å². The predicted octanol–water partition coefficient (Wildman–Crippen LogP) is 4.52. The molecule has 0 fully saturated rings. The zero-order valence-electron chi connectivity index (χ0n) is 18.8. The van der Waals surface area contributed by atoms with E-state index in [-0.39, 0.29) is 16.9 Å². The number of carbonyl (C=O) groups excluding carboxylic acids is 2. The number of benzene rings is 1. The van der Waals surface area contributed by atoms with Gasteiger partial charge in [-0.25, -0.2) is 14.4 Å². The smallest absolute Gasteiger partial charge is 0.424 e. The molecule has 0 saturated carbocycles. The lowest BCUT2D eigenvalue weighted by atomic mass is 9.99. The summed E-state index contributed by atoms with van der Waals surface area (Å²) in [6.45, 7) is 8.96. The minimum atomic E-state index is -1.61. The van der Waals surface area contributed by atoms with Gasteiger partial charge < -0.3 is 29.2 Å². The molecular formula is C22H27NO9. The summed E-state index contributed by atoms with van der Waals surface area (Å²) in [7, 11) is 0. The summed E-state index contributed by atoms with van der Waals surface area (Å²) < 4.78 is 15.7. The second-order valence-electron chi connectivity index (χ2n) is 8.87. The van der Waals surface area contributed by atoms with E-state index in [2.05, 4.69) is 0 Å². The number of aromatic hydroxyl groups is 1. The van der Waals surface area contributed by atoms with Gasteiger partial charge in [0.2, 0.25) is 0 Å². The minimum absolute atomic E-state index is 0.0253. The van der Waals surface area contributed by atoms with Crippen molar-refractivity contribution in [2.45, 2.75) is 59.4 Å². The van der Waals surface area contributed by atoms with E-state index in [0.717, 1.165) is 0 Å². The van der Waals surface area contributed by atoms with Gasteiger partial charge in [0.05, 0.1) is 12.0 Å². The number of phenols is 1. The molecule has 0 aliphatic rings. The molecule has 10 heteroatoms. The second-order valence-corrected chi connectivity index (χ2v) is 8.87. The number of ether oxygens (including phenoxy) is 2. The predicted molar refractivity (Wildman–Crippen MR) is 114 cm³/mol. The minimum Gasteiger partial charge on any atom is -0.506 e. The monoisotopic (exact) mass is 449 g/mol. The third-order valence-electron chi connectivity index (χ3n) is 3.94. The van der Waals surface area contributed by atoms with Crippen molar-refractivity contribution in [3.05, 3.63) is 35.8 Å². The molecule has 0 aliphatic carbocycles. The Bertz CT molecular complexity index is 997. The number of carbonyl (C=O) groups is 3. The number of rotatable bonds is 4. The Morgan fingerprint density at radius 2 is 1.47 bits per heavy atom. The van der Waals surface area contributed by atoms with Crippen LogP contribution in [0.1, 0.15) is 57.7 Å². The maximum atomic E-state index is 12.9. The molecule has 0 radical (unpaired) electrons. The summed E-state index contributed by atoms with van der Waals surface area (Å²) in [5, 5.41) is 30.0. The first-order chi connectivity index (χ1) is 14.7. The first-order valence-electron chi connectivity index (χ1n) is 9.69. The summed E-state index contributed by atoms with van der Waals surface area (Å²) in [6, 6.07) is 3.90. The number of carboxylic acids is 1. The molecule has 2 aromatic rings. The molecule has 174 valence electrons. The van der Waals surface area contributed by atoms with Gasteiger partial charge in [-0.05, 0) is 59.7 Å². The Labute approximate surface area is 185 Å². The van der Waals surface area contributed by atoms with Crippen LogP contribution in [-0.2, 0) is 16.1 Å². The van der Waals surface area contributed by atoms with Crippen LogP contribution in [0.3, 0.4) is 0 Å². The molecular weight excluding hydrogens is 422 g/mol. The molecule has 2 rings (SSSR count). The van der Waals surface area contributed by atoms with Gasteiger partial charge in [-0.3, -0.25) is 0 Å². The van der Waals surface area contributed by atoms with Crippen LogP contribution in [0.25, 0.3) is 11.1 Å². The largest absolute Gasteiger partial charge is 0.506 e. The summed E-state index contributed by atoms with van der Waals surface area (Å²) in [5.74, 6) is -2.24. The van der Waals surface area contributed by atoms with E-state index in [1.54, 1.807) is 41.5 Å². The zero-order valence-corrected chi connectivity index (χ0v) is 18.8. The maximum Gasteiger partial charge on any atom is 0.424 e. The first-order valence-corrected chi connectivity index (χ1v) is 9.69. The first kappa shape index (κ1) is 24.7. The maximum absolute atomic E-state index is 12.9. The SMILES string of the molecule is CC(C)(C)OC(=O)N(C(=O)OC(C)(C)C)c1ccc(-c2ccoc2CO)c(O)c1C(=O)O. The third kappa shape index (κ3) is 5.58. The molecule has 0 spiro atoms. The van der Waals surface area contributed by atoms with Crippen molar-refractivity contribution >= 4 is 23.8 Å². The molecule has 3 N–H and O–H groups in total. The van der Waals surface area contributed by atoms with E-state index in [1.165, 1.54) is 24.5 Å². The average Bonchev–Trinajstić information content (AvgIpc) is 3.06. The fraction of sp³-hybridized carbons (Fsp3) is 0.409. The van der Waals surface area contributed by atoms with E-state index < -0.39 is 53.0 Å². The van der Waals surface area contributed by atoms with Gasteiger partial charge in [0, 0.05) is 11.1 Å². The number of nitrogens with zero attached hydrogens (tertiary/aromatic N) is 1. The van der Waals surface area contributed by atoms with E-state index in [0.29, 0.717) is 4.90 Å². The number of anilines is 1. The van der Waals surface area contributed by atoms with Crippen molar-refractivity contribution in [2.24, 2.45) is 0 Å². The van der Waals surface area contributed by atoms with Crippen LogP contribution in [0.5, 0.6) is 5.75 Å². The summed E-state index contributed by atoms with van der Waals surface area (Å²) in [4.78, 5) is 38.2. The van der Waals surface area contributed by atoms with E-state index in [9.17, 15) is 29.7 Å². The van der Waals surface area contributed by atoms with Crippen LogP contribution in [0, 0.1) is 0 Å². The molecule has 1 heterocycles. The van der Waals surface area contributed by atoms with Gasteiger partial charge in [0.1, 0.15) is 34.9 Å².